The molecule has 0 spiro atoms. The van der Waals surface area contributed by atoms with Crippen LogP contribution in [0.2, 0.25) is 0 Å². The second kappa shape index (κ2) is 4.95. The second-order valence-electron chi connectivity index (χ2n) is 3.48. The number of aliphatic imine (C=N–C) groups is 1. The summed E-state index contributed by atoms with van der Waals surface area (Å²) in [6.07, 6.45) is 1.58. The lowest BCUT2D eigenvalue weighted by molar-refractivity contribution is 0.474. The molecule has 2 aromatic carbocycles. The first-order chi connectivity index (χ1) is 8.29. The number of aromatic hydroxyl groups is 1. The Morgan fingerprint density at radius 1 is 1.12 bits per heavy atom. The monoisotopic (exact) mass is 222 g/mol. The molecule has 0 amide bonds. The molecule has 0 aliphatic heterocycles. The van der Waals surface area contributed by atoms with Gasteiger partial charge in [-0.25, -0.2) is 0 Å². The third kappa shape index (κ3) is 2.70. The lowest BCUT2D eigenvalue weighted by atomic mass is 10.2. The number of hydrogen-bond donors (Lipinski definition) is 1. The Bertz CT molecular complexity index is 597. The highest BCUT2D eigenvalue weighted by Gasteiger charge is 1.96. The molecule has 0 atom stereocenters. The molecule has 0 aliphatic carbocycles. The fourth-order valence-corrected chi connectivity index (χ4v) is 1.40. The topological polar surface area (TPSA) is 56.4 Å². The van der Waals surface area contributed by atoms with Crippen LogP contribution in [0.3, 0.4) is 0 Å². The predicted molar refractivity (Wildman–Crippen MR) is 66.5 cm³/mol. The highest BCUT2D eigenvalue weighted by atomic mass is 16.3. The Hall–Kier alpha value is -2.60. The number of para-hydroxylation sites is 1. The molecule has 0 unspecified atom stereocenters. The van der Waals surface area contributed by atoms with E-state index in [1.807, 2.05) is 6.07 Å². The molecule has 0 bridgehead atoms. The zero-order valence-electron chi connectivity index (χ0n) is 9.04. The van der Waals surface area contributed by atoms with Gasteiger partial charge in [-0.1, -0.05) is 18.2 Å². The zero-order chi connectivity index (χ0) is 12.1. The molecule has 0 saturated heterocycles. The van der Waals surface area contributed by atoms with E-state index in [1.54, 1.807) is 48.7 Å². The molecule has 2 aromatic rings. The lowest BCUT2D eigenvalue weighted by Crippen LogP contribution is -1.81. The van der Waals surface area contributed by atoms with Crippen molar-refractivity contribution in [3.8, 4) is 11.8 Å². The minimum Gasteiger partial charge on any atom is -0.507 e. The van der Waals surface area contributed by atoms with Gasteiger partial charge in [0, 0.05) is 11.8 Å². The van der Waals surface area contributed by atoms with E-state index in [4.69, 9.17) is 5.26 Å². The van der Waals surface area contributed by atoms with Crippen LogP contribution in [0.4, 0.5) is 5.69 Å². The Balaban J connectivity index is 2.27. The smallest absolute Gasteiger partial charge is 0.124 e. The Kier molecular flexibility index (Phi) is 3.18. The minimum atomic E-state index is 0.188. The van der Waals surface area contributed by atoms with Gasteiger partial charge in [-0.3, -0.25) is 4.99 Å². The van der Waals surface area contributed by atoms with Gasteiger partial charge in [-0.05, 0) is 30.3 Å². The normalized spacial score (nSPS) is 10.3. The summed E-state index contributed by atoms with van der Waals surface area (Å²) >= 11 is 0. The SMILES string of the molecule is N#Cc1cccc(N=Cc2ccccc2O)c1. The van der Waals surface area contributed by atoms with Crippen molar-refractivity contribution in [3.63, 3.8) is 0 Å². The summed E-state index contributed by atoms with van der Waals surface area (Å²) in [6.45, 7) is 0. The number of nitriles is 1. The summed E-state index contributed by atoms with van der Waals surface area (Å²) < 4.78 is 0. The quantitative estimate of drug-likeness (QED) is 0.794. The second-order valence-corrected chi connectivity index (χ2v) is 3.48. The van der Waals surface area contributed by atoms with E-state index < -0.39 is 0 Å². The summed E-state index contributed by atoms with van der Waals surface area (Å²) in [4.78, 5) is 4.21. The molecule has 0 radical (unpaired) electrons. The van der Waals surface area contributed by atoms with E-state index in [0.717, 1.165) is 0 Å². The van der Waals surface area contributed by atoms with E-state index in [-0.39, 0.29) is 5.75 Å². The maximum Gasteiger partial charge on any atom is 0.124 e. The molecule has 1 N–H and O–H groups in total. The van der Waals surface area contributed by atoms with Crippen LogP contribution < -0.4 is 0 Å². The van der Waals surface area contributed by atoms with Crippen LogP contribution in [0.1, 0.15) is 11.1 Å². The fourth-order valence-electron chi connectivity index (χ4n) is 1.40. The Morgan fingerprint density at radius 3 is 2.71 bits per heavy atom. The van der Waals surface area contributed by atoms with Gasteiger partial charge in [0.05, 0.1) is 17.3 Å². The van der Waals surface area contributed by atoms with Crippen molar-refractivity contribution in [3.05, 3.63) is 59.7 Å². The Morgan fingerprint density at radius 2 is 1.94 bits per heavy atom. The molecule has 2 rings (SSSR count). The number of hydrogen-bond acceptors (Lipinski definition) is 3. The van der Waals surface area contributed by atoms with Crippen molar-refractivity contribution in [1.82, 2.24) is 0 Å². The highest BCUT2D eigenvalue weighted by Crippen LogP contribution is 2.17. The summed E-state index contributed by atoms with van der Waals surface area (Å²) in [6, 6.07) is 16.0. The molecular formula is C14H10N2O. The van der Waals surface area contributed by atoms with E-state index in [9.17, 15) is 5.11 Å². The largest absolute Gasteiger partial charge is 0.507 e. The number of phenolic OH excluding ortho intramolecular Hbond substituents is 1. The van der Waals surface area contributed by atoms with E-state index >= 15 is 0 Å². The molecular weight excluding hydrogens is 212 g/mol. The summed E-state index contributed by atoms with van der Waals surface area (Å²) in [7, 11) is 0. The van der Waals surface area contributed by atoms with Crippen LogP contribution in [0.25, 0.3) is 0 Å². The number of benzene rings is 2. The van der Waals surface area contributed by atoms with Crippen molar-refractivity contribution < 1.29 is 5.11 Å². The van der Waals surface area contributed by atoms with Crippen LogP contribution in [0.5, 0.6) is 5.75 Å². The standard InChI is InChI=1S/C14H10N2O/c15-9-11-4-3-6-13(8-11)16-10-12-5-1-2-7-14(12)17/h1-8,10,17H. The first-order valence-corrected chi connectivity index (χ1v) is 5.12. The Labute approximate surface area is 99.3 Å². The molecule has 3 heteroatoms. The number of rotatable bonds is 2. The molecule has 0 saturated carbocycles. The maximum absolute atomic E-state index is 9.55. The third-order valence-electron chi connectivity index (χ3n) is 2.26. The molecule has 82 valence electrons. The van der Waals surface area contributed by atoms with Crippen LogP contribution in [0, 0.1) is 11.3 Å². The van der Waals surface area contributed by atoms with Gasteiger partial charge < -0.3 is 5.11 Å². The zero-order valence-corrected chi connectivity index (χ0v) is 9.04. The van der Waals surface area contributed by atoms with Gasteiger partial charge in [-0.15, -0.1) is 0 Å². The van der Waals surface area contributed by atoms with Crippen molar-refractivity contribution in [2.75, 3.05) is 0 Å². The molecule has 0 aliphatic rings. The first-order valence-electron chi connectivity index (χ1n) is 5.12. The predicted octanol–water partition coefficient (Wildman–Crippen LogP) is 3.01. The third-order valence-corrected chi connectivity index (χ3v) is 2.26. The molecule has 0 heterocycles. The van der Waals surface area contributed by atoms with E-state index in [0.29, 0.717) is 16.8 Å². The molecule has 3 nitrogen and oxygen atoms in total. The van der Waals surface area contributed by atoms with Gasteiger partial charge in [0.1, 0.15) is 5.75 Å². The maximum atomic E-state index is 9.55. The minimum absolute atomic E-state index is 0.188. The summed E-state index contributed by atoms with van der Waals surface area (Å²) in [5, 5.41) is 18.3. The van der Waals surface area contributed by atoms with Crippen LogP contribution in [-0.4, -0.2) is 11.3 Å². The van der Waals surface area contributed by atoms with Crippen molar-refractivity contribution in [1.29, 1.82) is 5.26 Å². The van der Waals surface area contributed by atoms with Gasteiger partial charge in [0.15, 0.2) is 0 Å². The first kappa shape index (κ1) is 10.9. The van der Waals surface area contributed by atoms with Crippen molar-refractivity contribution in [2.45, 2.75) is 0 Å². The number of phenols is 1. The van der Waals surface area contributed by atoms with Gasteiger partial charge in [0.2, 0.25) is 0 Å². The van der Waals surface area contributed by atoms with E-state index in [1.165, 1.54) is 0 Å². The van der Waals surface area contributed by atoms with Crippen LogP contribution in [0.15, 0.2) is 53.5 Å². The van der Waals surface area contributed by atoms with Crippen molar-refractivity contribution in [2.24, 2.45) is 4.99 Å². The molecule has 17 heavy (non-hydrogen) atoms. The average Bonchev–Trinajstić information content (AvgIpc) is 2.38. The van der Waals surface area contributed by atoms with Gasteiger partial charge in [-0.2, -0.15) is 5.26 Å². The van der Waals surface area contributed by atoms with Gasteiger partial charge >= 0.3 is 0 Å². The highest BCUT2D eigenvalue weighted by molar-refractivity contribution is 5.85. The molecule has 0 fully saturated rings. The lowest BCUT2D eigenvalue weighted by Gasteiger charge is -1.97. The average molecular weight is 222 g/mol. The molecule has 0 aromatic heterocycles. The van der Waals surface area contributed by atoms with Crippen LogP contribution >= 0.6 is 0 Å². The summed E-state index contributed by atoms with van der Waals surface area (Å²) in [5.74, 6) is 0.188. The fraction of sp³-hybridized carbons (Fsp3) is 0. The van der Waals surface area contributed by atoms with E-state index in [2.05, 4.69) is 11.1 Å². The number of nitrogens with zero attached hydrogens (tertiary/aromatic N) is 2. The van der Waals surface area contributed by atoms with Crippen LogP contribution in [-0.2, 0) is 0 Å². The van der Waals surface area contributed by atoms with Crippen molar-refractivity contribution >= 4 is 11.9 Å². The van der Waals surface area contributed by atoms with Gasteiger partial charge in [0.25, 0.3) is 0 Å². The summed E-state index contributed by atoms with van der Waals surface area (Å²) in [5.41, 5.74) is 1.90.